The number of carbonyl (C=O) groups excluding carboxylic acids is 2. The Kier molecular flexibility index (Phi) is 10.3. The molecular weight excluding hydrogens is 530 g/mol. The third-order valence-electron chi connectivity index (χ3n) is 6.43. The second kappa shape index (κ2) is 13.2. The van der Waals surface area contributed by atoms with Gasteiger partial charge in [0.1, 0.15) is 19.3 Å². The van der Waals surface area contributed by atoms with E-state index in [0.717, 1.165) is 18.2 Å². The van der Waals surface area contributed by atoms with E-state index in [1.165, 1.54) is 9.21 Å². The van der Waals surface area contributed by atoms with E-state index in [4.69, 9.17) is 21.1 Å². The van der Waals surface area contributed by atoms with Gasteiger partial charge in [0.05, 0.1) is 11.9 Å². The van der Waals surface area contributed by atoms with Crippen LogP contribution < -0.4 is 19.1 Å². The van der Waals surface area contributed by atoms with E-state index < -0.39 is 16.1 Å². The first-order valence-electron chi connectivity index (χ1n) is 12.7. The number of fused-ring (bicyclic) bond motifs is 1. The number of carbonyl (C=O) groups is 2. The Labute approximate surface area is 230 Å². The molecule has 9 nitrogen and oxygen atoms in total. The molecule has 1 heterocycles. The third-order valence-corrected chi connectivity index (χ3v) is 8.00. The lowest BCUT2D eigenvalue weighted by Gasteiger charge is -2.30. The largest absolute Gasteiger partial charge is 0.486 e. The summed E-state index contributed by atoms with van der Waals surface area (Å²) in [6.07, 6.45) is 2.18. The van der Waals surface area contributed by atoms with Crippen LogP contribution in [-0.4, -0.2) is 63.2 Å². The number of amides is 2. The Hall–Kier alpha value is -2.98. The first-order chi connectivity index (χ1) is 18.0. The molecule has 0 bridgehead atoms. The monoisotopic (exact) mass is 565 g/mol. The zero-order valence-electron chi connectivity index (χ0n) is 22.3. The fourth-order valence-corrected chi connectivity index (χ4v) is 5.20. The van der Waals surface area contributed by atoms with Gasteiger partial charge >= 0.3 is 0 Å². The van der Waals surface area contributed by atoms with Gasteiger partial charge < -0.3 is 19.7 Å². The summed E-state index contributed by atoms with van der Waals surface area (Å²) in [5.41, 5.74) is 1.15. The fraction of sp³-hybridized carbons (Fsp3) is 0.481. The number of nitrogens with one attached hydrogen (secondary N) is 1. The van der Waals surface area contributed by atoms with E-state index in [0.29, 0.717) is 35.4 Å². The normalized spacial score (nSPS) is 14.3. The van der Waals surface area contributed by atoms with E-state index in [9.17, 15) is 18.0 Å². The van der Waals surface area contributed by atoms with Crippen molar-refractivity contribution in [3.05, 3.63) is 53.1 Å². The van der Waals surface area contributed by atoms with Gasteiger partial charge in [0, 0.05) is 36.6 Å². The van der Waals surface area contributed by atoms with Crippen molar-refractivity contribution in [1.82, 2.24) is 10.2 Å². The van der Waals surface area contributed by atoms with E-state index in [2.05, 4.69) is 5.32 Å². The summed E-state index contributed by atoms with van der Waals surface area (Å²) >= 11 is 6.35. The molecule has 2 aromatic carbocycles. The van der Waals surface area contributed by atoms with E-state index in [-0.39, 0.29) is 43.8 Å². The number of hydrogen-bond donors (Lipinski definition) is 1. The molecule has 2 aromatic rings. The predicted molar refractivity (Wildman–Crippen MR) is 148 cm³/mol. The molecule has 0 radical (unpaired) electrons. The summed E-state index contributed by atoms with van der Waals surface area (Å²) in [6.45, 7) is 6.62. The summed E-state index contributed by atoms with van der Waals surface area (Å²) in [6, 6.07) is 11.4. The highest BCUT2D eigenvalue weighted by molar-refractivity contribution is 7.92. The maximum atomic E-state index is 13.4. The average Bonchev–Trinajstić information content (AvgIpc) is 2.89. The van der Waals surface area contributed by atoms with Crippen LogP contribution in [0, 0.1) is 0 Å². The predicted octanol–water partition coefficient (Wildman–Crippen LogP) is 3.99. The molecule has 38 heavy (non-hydrogen) atoms. The van der Waals surface area contributed by atoms with Gasteiger partial charge in [-0.2, -0.15) is 0 Å². The van der Waals surface area contributed by atoms with Crippen molar-refractivity contribution in [1.29, 1.82) is 0 Å². The van der Waals surface area contributed by atoms with Crippen molar-refractivity contribution < 1.29 is 27.5 Å². The van der Waals surface area contributed by atoms with Gasteiger partial charge in [-0.15, -0.1) is 0 Å². The van der Waals surface area contributed by atoms with Crippen LogP contribution in [0.1, 0.15) is 45.6 Å². The minimum atomic E-state index is -3.63. The average molecular weight is 566 g/mol. The number of rotatable bonds is 12. The van der Waals surface area contributed by atoms with Crippen LogP contribution in [0.3, 0.4) is 0 Å². The first kappa shape index (κ1) is 29.6. The molecule has 0 unspecified atom stereocenters. The molecule has 11 heteroatoms. The Morgan fingerprint density at radius 1 is 1.08 bits per heavy atom. The van der Waals surface area contributed by atoms with Crippen molar-refractivity contribution in [3.8, 4) is 11.5 Å². The van der Waals surface area contributed by atoms with Crippen LogP contribution in [-0.2, 0) is 26.2 Å². The lowest BCUT2D eigenvalue weighted by Crippen LogP contribution is -2.49. The van der Waals surface area contributed by atoms with Crippen molar-refractivity contribution in [2.24, 2.45) is 0 Å². The molecule has 0 aromatic heterocycles. The van der Waals surface area contributed by atoms with Gasteiger partial charge in [0.25, 0.3) is 0 Å². The number of benzene rings is 2. The lowest BCUT2D eigenvalue weighted by molar-refractivity contribution is -0.140. The van der Waals surface area contributed by atoms with Crippen LogP contribution in [0.2, 0.25) is 5.02 Å². The second-order valence-electron chi connectivity index (χ2n) is 9.37. The van der Waals surface area contributed by atoms with Gasteiger partial charge in [-0.1, -0.05) is 36.7 Å². The fourth-order valence-electron chi connectivity index (χ4n) is 4.05. The Morgan fingerprint density at radius 3 is 2.42 bits per heavy atom. The maximum absolute atomic E-state index is 13.4. The molecule has 0 saturated carbocycles. The summed E-state index contributed by atoms with van der Waals surface area (Å²) in [4.78, 5) is 27.8. The van der Waals surface area contributed by atoms with E-state index in [1.807, 2.05) is 26.0 Å². The molecular formula is C27H36ClN3O6S. The van der Waals surface area contributed by atoms with Gasteiger partial charge in [-0.25, -0.2) is 8.42 Å². The SMILES string of the molecule is CC[C@H](C)NC(=O)[C@@H](C)N(Cc1ccccc1Cl)C(=O)CCCN(c1ccc2c(c1)OCCO2)S(C)(=O)=O. The number of halogens is 1. The molecule has 3 rings (SSSR count). The maximum Gasteiger partial charge on any atom is 0.242 e. The number of sulfonamides is 1. The van der Waals surface area contributed by atoms with Crippen molar-refractivity contribution >= 4 is 39.1 Å². The highest BCUT2D eigenvalue weighted by Gasteiger charge is 2.28. The summed E-state index contributed by atoms with van der Waals surface area (Å²) in [7, 11) is -3.63. The Morgan fingerprint density at radius 2 is 1.76 bits per heavy atom. The number of anilines is 1. The smallest absolute Gasteiger partial charge is 0.242 e. The third kappa shape index (κ3) is 7.77. The number of ether oxygens (including phenoxy) is 2. The molecule has 0 saturated heterocycles. The molecule has 1 aliphatic rings. The minimum Gasteiger partial charge on any atom is -0.486 e. The van der Waals surface area contributed by atoms with Crippen LogP contribution in [0.25, 0.3) is 0 Å². The highest BCUT2D eigenvalue weighted by Crippen LogP contribution is 2.34. The van der Waals surface area contributed by atoms with Crippen molar-refractivity contribution in [2.75, 3.05) is 30.3 Å². The molecule has 1 aliphatic heterocycles. The van der Waals surface area contributed by atoms with Gasteiger partial charge in [-0.05, 0) is 50.5 Å². The molecule has 0 fully saturated rings. The molecule has 1 N–H and O–H groups in total. The minimum absolute atomic E-state index is 0.0310. The van der Waals surface area contributed by atoms with E-state index in [1.54, 1.807) is 37.3 Å². The van der Waals surface area contributed by atoms with Crippen LogP contribution in [0.5, 0.6) is 11.5 Å². The van der Waals surface area contributed by atoms with Crippen LogP contribution >= 0.6 is 11.6 Å². The number of nitrogens with zero attached hydrogens (tertiary/aromatic N) is 2. The zero-order chi connectivity index (χ0) is 27.9. The molecule has 2 atom stereocenters. The Bertz CT molecular complexity index is 1240. The van der Waals surface area contributed by atoms with Gasteiger partial charge in [0.15, 0.2) is 11.5 Å². The summed E-state index contributed by atoms with van der Waals surface area (Å²) < 4.78 is 37.6. The van der Waals surface area contributed by atoms with Crippen molar-refractivity contribution in [2.45, 2.75) is 58.7 Å². The standard InChI is InChI=1S/C27H36ClN3O6S/c1-5-19(2)29-27(33)20(3)30(18-21-9-6-7-10-23(21)28)26(32)11-8-14-31(38(4,34)35)22-12-13-24-25(17-22)37-16-15-36-24/h6-7,9-10,12-13,17,19-20H,5,8,11,14-16,18H2,1-4H3,(H,29,33)/t19-,20+/m0/s1. The van der Waals surface area contributed by atoms with Gasteiger partial charge in [0.2, 0.25) is 21.8 Å². The molecule has 0 spiro atoms. The zero-order valence-corrected chi connectivity index (χ0v) is 23.8. The summed E-state index contributed by atoms with van der Waals surface area (Å²) in [5, 5.41) is 3.43. The summed E-state index contributed by atoms with van der Waals surface area (Å²) in [5.74, 6) is 0.509. The molecule has 0 aliphatic carbocycles. The highest BCUT2D eigenvalue weighted by atomic mass is 35.5. The number of hydrogen-bond acceptors (Lipinski definition) is 6. The first-order valence-corrected chi connectivity index (χ1v) is 14.9. The lowest BCUT2D eigenvalue weighted by atomic mass is 10.1. The van der Waals surface area contributed by atoms with Gasteiger partial charge in [-0.3, -0.25) is 13.9 Å². The topological polar surface area (TPSA) is 105 Å². The van der Waals surface area contributed by atoms with Crippen molar-refractivity contribution in [3.63, 3.8) is 0 Å². The van der Waals surface area contributed by atoms with E-state index >= 15 is 0 Å². The quantitative estimate of drug-likeness (QED) is 0.417. The second-order valence-corrected chi connectivity index (χ2v) is 11.7. The Balaban J connectivity index is 1.75. The van der Waals surface area contributed by atoms with Crippen LogP contribution in [0.4, 0.5) is 5.69 Å². The van der Waals surface area contributed by atoms with Crippen LogP contribution in [0.15, 0.2) is 42.5 Å². The molecule has 208 valence electrons. The molecule has 2 amide bonds.